The third-order valence-electron chi connectivity index (χ3n) is 4.71. The highest BCUT2D eigenvalue weighted by Crippen LogP contribution is 2.26. The van der Waals surface area contributed by atoms with Crippen molar-refractivity contribution in [1.29, 1.82) is 0 Å². The average Bonchev–Trinajstić information content (AvgIpc) is 2.78. The van der Waals surface area contributed by atoms with Gasteiger partial charge in [0.25, 0.3) is 11.8 Å². The number of hydrogen-bond donors (Lipinski definition) is 1. The molecule has 6 nitrogen and oxygen atoms in total. The van der Waals surface area contributed by atoms with E-state index in [1.807, 2.05) is 0 Å². The van der Waals surface area contributed by atoms with Crippen molar-refractivity contribution in [2.24, 2.45) is 0 Å². The topological polar surface area (TPSA) is 75.7 Å². The fourth-order valence-electron chi connectivity index (χ4n) is 3.11. The van der Waals surface area contributed by atoms with E-state index >= 15 is 0 Å². The van der Waals surface area contributed by atoms with Gasteiger partial charge in [-0.2, -0.15) is 0 Å². The van der Waals surface area contributed by atoms with Crippen molar-refractivity contribution in [2.75, 3.05) is 4.90 Å². The maximum absolute atomic E-state index is 13.1. The van der Waals surface area contributed by atoms with Crippen LogP contribution in [0.5, 0.6) is 5.75 Å². The van der Waals surface area contributed by atoms with Gasteiger partial charge < -0.3 is 4.74 Å². The predicted molar refractivity (Wildman–Crippen MR) is 120 cm³/mol. The Labute approximate surface area is 191 Å². The van der Waals surface area contributed by atoms with Crippen molar-refractivity contribution < 1.29 is 23.5 Å². The summed E-state index contributed by atoms with van der Waals surface area (Å²) in [4.78, 5) is 38.7. The number of carbonyl (C=O) groups excluding carboxylic acids is 3. The van der Waals surface area contributed by atoms with Gasteiger partial charge in [-0.25, -0.2) is 14.1 Å². The molecule has 160 valence electrons. The number of barbiturate groups is 1. The van der Waals surface area contributed by atoms with Gasteiger partial charge in [0.15, 0.2) is 0 Å². The molecule has 0 atom stereocenters. The molecule has 1 saturated heterocycles. The van der Waals surface area contributed by atoms with E-state index in [1.165, 1.54) is 18.2 Å². The lowest BCUT2D eigenvalue weighted by atomic mass is 10.1. The molecule has 32 heavy (non-hydrogen) atoms. The quantitative estimate of drug-likeness (QED) is 0.407. The smallest absolute Gasteiger partial charge is 0.335 e. The van der Waals surface area contributed by atoms with Crippen LogP contribution in [0.2, 0.25) is 0 Å². The molecular formula is C24H16BrFN2O4. The van der Waals surface area contributed by atoms with Crippen LogP contribution in [0.3, 0.4) is 0 Å². The van der Waals surface area contributed by atoms with Crippen molar-refractivity contribution in [2.45, 2.75) is 6.61 Å². The molecule has 4 amide bonds. The summed E-state index contributed by atoms with van der Waals surface area (Å²) in [5.74, 6) is -1.45. The normalized spacial score (nSPS) is 15.1. The largest absolute Gasteiger partial charge is 0.488 e. The number of nitrogens with one attached hydrogen (secondary N) is 1. The van der Waals surface area contributed by atoms with E-state index in [4.69, 9.17) is 4.74 Å². The molecule has 3 aromatic carbocycles. The lowest BCUT2D eigenvalue weighted by Gasteiger charge is -2.26. The van der Waals surface area contributed by atoms with E-state index in [1.54, 1.807) is 60.7 Å². The van der Waals surface area contributed by atoms with Crippen molar-refractivity contribution >= 4 is 45.5 Å². The summed E-state index contributed by atoms with van der Waals surface area (Å²) >= 11 is 3.31. The second-order valence-electron chi connectivity index (χ2n) is 6.89. The first-order chi connectivity index (χ1) is 15.4. The van der Waals surface area contributed by atoms with E-state index in [0.717, 1.165) is 14.9 Å². The highest BCUT2D eigenvalue weighted by Gasteiger charge is 2.36. The van der Waals surface area contributed by atoms with Gasteiger partial charge in [-0.1, -0.05) is 46.3 Å². The number of imide groups is 2. The lowest BCUT2D eigenvalue weighted by molar-refractivity contribution is -0.122. The summed E-state index contributed by atoms with van der Waals surface area (Å²) in [5, 5.41) is 2.20. The van der Waals surface area contributed by atoms with E-state index in [0.29, 0.717) is 17.0 Å². The summed E-state index contributed by atoms with van der Waals surface area (Å²) < 4.78 is 19.7. The van der Waals surface area contributed by atoms with Gasteiger partial charge in [0.2, 0.25) is 0 Å². The molecule has 3 aromatic rings. The number of hydrogen-bond acceptors (Lipinski definition) is 4. The Kier molecular flexibility index (Phi) is 6.13. The second-order valence-corrected chi connectivity index (χ2v) is 7.80. The number of amides is 4. The molecule has 0 radical (unpaired) electrons. The zero-order valence-corrected chi connectivity index (χ0v) is 18.1. The molecule has 0 unspecified atom stereocenters. The number of carbonyl (C=O) groups is 3. The van der Waals surface area contributed by atoms with Gasteiger partial charge in [0, 0.05) is 10.0 Å². The molecule has 0 aromatic heterocycles. The van der Waals surface area contributed by atoms with E-state index in [-0.39, 0.29) is 18.0 Å². The Morgan fingerprint density at radius 2 is 1.62 bits per heavy atom. The summed E-state index contributed by atoms with van der Waals surface area (Å²) in [7, 11) is 0. The third-order valence-corrected chi connectivity index (χ3v) is 5.24. The number of para-hydroxylation sites is 1. The predicted octanol–water partition coefficient (Wildman–Crippen LogP) is 4.83. The van der Waals surface area contributed by atoms with Crippen molar-refractivity contribution in [3.05, 3.63) is 99.8 Å². The van der Waals surface area contributed by atoms with E-state index in [2.05, 4.69) is 21.2 Å². The van der Waals surface area contributed by atoms with Gasteiger partial charge in [0.05, 0.1) is 5.69 Å². The Balaban J connectivity index is 1.62. The van der Waals surface area contributed by atoms with E-state index in [9.17, 15) is 18.8 Å². The monoisotopic (exact) mass is 494 g/mol. The van der Waals surface area contributed by atoms with Crippen LogP contribution in [0, 0.1) is 5.82 Å². The minimum absolute atomic E-state index is 0.171. The number of benzene rings is 3. The number of halogens is 2. The molecule has 1 aliphatic heterocycles. The van der Waals surface area contributed by atoms with Crippen LogP contribution in [-0.4, -0.2) is 17.8 Å². The van der Waals surface area contributed by atoms with Crippen LogP contribution in [0.1, 0.15) is 11.1 Å². The minimum atomic E-state index is -0.819. The van der Waals surface area contributed by atoms with E-state index < -0.39 is 17.8 Å². The average molecular weight is 495 g/mol. The first-order valence-electron chi connectivity index (χ1n) is 9.55. The fourth-order valence-corrected chi connectivity index (χ4v) is 3.37. The first-order valence-corrected chi connectivity index (χ1v) is 10.3. The first kappa shape index (κ1) is 21.5. The Morgan fingerprint density at radius 1 is 0.938 bits per heavy atom. The van der Waals surface area contributed by atoms with Gasteiger partial charge in [-0.05, 0) is 54.1 Å². The number of anilines is 1. The Morgan fingerprint density at radius 3 is 2.34 bits per heavy atom. The van der Waals surface area contributed by atoms with Crippen LogP contribution >= 0.6 is 15.9 Å². The van der Waals surface area contributed by atoms with Crippen molar-refractivity contribution in [3.63, 3.8) is 0 Å². The van der Waals surface area contributed by atoms with Crippen molar-refractivity contribution in [1.82, 2.24) is 5.32 Å². The molecule has 8 heteroatoms. The molecule has 0 saturated carbocycles. The number of nitrogens with zero attached hydrogens (tertiary/aromatic N) is 1. The van der Waals surface area contributed by atoms with Crippen LogP contribution in [0.15, 0.2) is 82.8 Å². The lowest BCUT2D eigenvalue weighted by Crippen LogP contribution is -2.54. The molecule has 1 heterocycles. The second kappa shape index (κ2) is 9.15. The molecular weight excluding hydrogens is 479 g/mol. The van der Waals surface area contributed by atoms with Gasteiger partial charge in [-0.15, -0.1) is 0 Å². The zero-order valence-electron chi connectivity index (χ0n) is 16.5. The minimum Gasteiger partial charge on any atom is -0.488 e. The number of urea groups is 1. The van der Waals surface area contributed by atoms with Crippen LogP contribution in [0.25, 0.3) is 6.08 Å². The molecule has 1 N–H and O–H groups in total. The fraction of sp³-hybridized carbons (Fsp3) is 0.0417. The van der Waals surface area contributed by atoms with Crippen LogP contribution < -0.4 is 15.0 Å². The molecule has 4 rings (SSSR count). The molecule has 0 spiro atoms. The van der Waals surface area contributed by atoms with Crippen molar-refractivity contribution in [3.8, 4) is 5.75 Å². The van der Waals surface area contributed by atoms with Crippen LogP contribution in [0.4, 0.5) is 14.9 Å². The summed E-state index contributed by atoms with van der Waals surface area (Å²) in [6.07, 6.45) is 1.38. The summed E-state index contributed by atoms with van der Waals surface area (Å²) in [6, 6.07) is 18.5. The van der Waals surface area contributed by atoms with Gasteiger partial charge in [-0.3, -0.25) is 14.9 Å². The van der Waals surface area contributed by atoms with Crippen LogP contribution in [-0.2, 0) is 16.2 Å². The highest BCUT2D eigenvalue weighted by molar-refractivity contribution is 9.10. The molecule has 1 fully saturated rings. The van der Waals surface area contributed by atoms with Gasteiger partial charge in [0.1, 0.15) is 23.7 Å². The molecule has 1 aliphatic rings. The number of ether oxygens (including phenoxy) is 1. The van der Waals surface area contributed by atoms with Gasteiger partial charge >= 0.3 is 6.03 Å². The summed E-state index contributed by atoms with van der Waals surface area (Å²) in [6.45, 7) is 0.171. The number of rotatable bonds is 5. The Bertz CT molecular complexity index is 1220. The Hall–Kier alpha value is -3.78. The molecule has 0 aliphatic carbocycles. The maximum Gasteiger partial charge on any atom is 0.335 e. The third kappa shape index (κ3) is 4.60. The highest BCUT2D eigenvalue weighted by atomic mass is 79.9. The standard InChI is InChI=1S/C24H16BrFN2O4/c25-17-7-11-19(12-8-17)28-23(30)20(22(29)27-24(28)31)13-16-3-1-2-4-21(16)32-14-15-5-9-18(26)10-6-15/h1-13H,14H2,(H,27,29,31)/b20-13+. The zero-order chi connectivity index (χ0) is 22.7. The molecule has 0 bridgehead atoms. The summed E-state index contributed by atoms with van der Waals surface area (Å²) in [5.41, 5.74) is 1.37. The maximum atomic E-state index is 13.1. The SMILES string of the molecule is O=C1NC(=O)N(c2ccc(Br)cc2)C(=O)/C1=C/c1ccccc1OCc1ccc(F)cc1.